The Morgan fingerprint density at radius 3 is 2.53 bits per heavy atom. The highest BCUT2D eigenvalue weighted by Gasteiger charge is 2.45. The van der Waals surface area contributed by atoms with E-state index in [-0.39, 0.29) is 17.9 Å². The van der Waals surface area contributed by atoms with Crippen molar-refractivity contribution in [3.63, 3.8) is 0 Å². The summed E-state index contributed by atoms with van der Waals surface area (Å²) in [4.78, 5) is 27.1. The summed E-state index contributed by atoms with van der Waals surface area (Å²) in [5.74, 6) is -0.574. The Hall–Kier alpha value is -1.10. The zero-order chi connectivity index (χ0) is 10.4. The van der Waals surface area contributed by atoms with E-state index in [4.69, 9.17) is 0 Å². The minimum atomic E-state index is -0.292. The average Bonchev–Trinajstić information content (AvgIpc) is 3.07. The molecule has 1 saturated carbocycles. The van der Waals surface area contributed by atoms with E-state index in [9.17, 15) is 9.59 Å². The highest BCUT2D eigenvalue weighted by molar-refractivity contribution is 6.35. The minimum absolute atomic E-state index is 0.199. The number of carbonyl (C=O) groups is 2. The van der Waals surface area contributed by atoms with Gasteiger partial charge in [-0.2, -0.15) is 0 Å². The van der Waals surface area contributed by atoms with Crippen molar-refractivity contribution in [2.24, 2.45) is 0 Å². The van der Waals surface area contributed by atoms with Crippen LogP contribution < -0.4 is 5.32 Å². The van der Waals surface area contributed by atoms with Crippen LogP contribution in [0.5, 0.6) is 0 Å². The van der Waals surface area contributed by atoms with Crippen LogP contribution in [0.4, 0.5) is 0 Å². The molecule has 0 aromatic heterocycles. The molecule has 1 aliphatic carbocycles. The molecule has 5 heteroatoms. The summed E-state index contributed by atoms with van der Waals surface area (Å²) in [6.45, 7) is 3.02. The van der Waals surface area contributed by atoms with Crippen LogP contribution in [-0.2, 0) is 9.59 Å². The second-order valence-corrected chi connectivity index (χ2v) is 4.55. The van der Waals surface area contributed by atoms with Crippen LogP contribution in [0.3, 0.4) is 0 Å². The Kier molecular flexibility index (Phi) is 1.95. The van der Waals surface area contributed by atoms with Gasteiger partial charge in [-0.05, 0) is 12.8 Å². The van der Waals surface area contributed by atoms with Gasteiger partial charge in [-0.1, -0.05) is 0 Å². The Morgan fingerprint density at radius 2 is 1.80 bits per heavy atom. The maximum absolute atomic E-state index is 11.8. The SMILES string of the molecule is O=C1C(=O)N(C2CC2)CC2CNCCN12. The standard InChI is InChI=1S/C10H15N3O2/c14-9-10(15)13(7-1-2-7)6-8-5-11-3-4-12(8)9/h7-8,11H,1-6H2. The van der Waals surface area contributed by atoms with Crippen molar-refractivity contribution < 1.29 is 9.59 Å². The zero-order valence-electron chi connectivity index (χ0n) is 8.61. The zero-order valence-corrected chi connectivity index (χ0v) is 8.61. The van der Waals surface area contributed by atoms with Crippen LogP contribution in [0.1, 0.15) is 12.8 Å². The fraction of sp³-hybridized carbons (Fsp3) is 0.800. The molecule has 2 heterocycles. The summed E-state index contributed by atoms with van der Waals surface area (Å²) in [5.41, 5.74) is 0. The van der Waals surface area contributed by atoms with Crippen LogP contribution in [-0.4, -0.2) is 59.9 Å². The summed E-state index contributed by atoms with van der Waals surface area (Å²) >= 11 is 0. The molecule has 0 radical (unpaired) electrons. The van der Waals surface area contributed by atoms with E-state index >= 15 is 0 Å². The van der Waals surface area contributed by atoms with E-state index in [0.29, 0.717) is 12.6 Å². The fourth-order valence-corrected chi connectivity index (χ4v) is 2.45. The monoisotopic (exact) mass is 209 g/mol. The van der Waals surface area contributed by atoms with Gasteiger partial charge in [0.05, 0.1) is 6.04 Å². The predicted octanol–water partition coefficient (Wildman–Crippen LogP) is -1.21. The quantitative estimate of drug-likeness (QED) is 0.551. The first kappa shape index (κ1) is 9.15. The van der Waals surface area contributed by atoms with Crippen molar-refractivity contribution in [3.8, 4) is 0 Å². The lowest BCUT2D eigenvalue weighted by molar-refractivity contribution is -0.160. The molecule has 2 amide bonds. The molecule has 1 N–H and O–H groups in total. The number of hydrogen-bond donors (Lipinski definition) is 1. The molecule has 5 nitrogen and oxygen atoms in total. The summed E-state index contributed by atoms with van der Waals surface area (Å²) in [6, 6.07) is 0.551. The molecular formula is C10H15N3O2. The van der Waals surface area contributed by atoms with Gasteiger partial charge >= 0.3 is 11.8 Å². The number of hydrogen-bond acceptors (Lipinski definition) is 3. The van der Waals surface area contributed by atoms with Crippen molar-refractivity contribution in [1.29, 1.82) is 0 Å². The molecule has 0 spiro atoms. The molecule has 1 unspecified atom stereocenters. The van der Waals surface area contributed by atoms with Gasteiger partial charge in [0, 0.05) is 32.2 Å². The Morgan fingerprint density at radius 1 is 1.07 bits per heavy atom. The molecule has 3 fully saturated rings. The molecule has 0 aromatic rings. The normalized spacial score (nSPS) is 31.9. The van der Waals surface area contributed by atoms with Gasteiger partial charge in [-0.15, -0.1) is 0 Å². The van der Waals surface area contributed by atoms with Gasteiger partial charge in [0.15, 0.2) is 0 Å². The minimum Gasteiger partial charge on any atom is -0.329 e. The van der Waals surface area contributed by atoms with Crippen molar-refractivity contribution in [2.45, 2.75) is 24.9 Å². The third kappa shape index (κ3) is 1.42. The molecular weight excluding hydrogens is 194 g/mol. The molecule has 82 valence electrons. The average molecular weight is 209 g/mol. The number of rotatable bonds is 1. The van der Waals surface area contributed by atoms with E-state index in [1.165, 1.54) is 0 Å². The summed E-state index contributed by atoms with van der Waals surface area (Å²) in [5, 5.41) is 3.27. The number of nitrogens with one attached hydrogen (secondary N) is 1. The van der Waals surface area contributed by atoms with Gasteiger partial charge in [0.2, 0.25) is 0 Å². The molecule has 3 aliphatic rings. The smallest absolute Gasteiger partial charge is 0.312 e. The van der Waals surface area contributed by atoms with E-state index in [0.717, 1.165) is 32.5 Å². The van der Waals surface area contributed by atoms with Crippen LogP contribution in [0.2, 0.25) is 0 Å². The molecule has 0 bridgehead atoms. The van der Waals surface area contributed by atoms with Crippen LogP contribution in [0, 0.1) is 0 Å². The van der Waals surface area contributed by atoms with E-state index in [1.54, 1.807) is 9.80 Å². The Bertz CT molecular complexity index is 314. The van der Waals surface area contributed by atoms with E-state index < -0.39 is 0 Å². The van der Waals surface area contributed by atoms with Crippen molar-refractivity contribution >= 4 is 11.8 Å². The first-order chi connectivity index (χ1) is 7.27. The summed E-state index contributed by atoms with van der Waals surface area (Å²) in [7, 11) is 0. The first-order valence-electron chi connectivity index (χ1n) is 5.59. The highest BCUT2D eigenvalue weighted by atomic mass is 16.2. The molecule has 3 rings (SSSR count). The van der Waals surface area contributed by atoms with Crippen LogP contribution in [0.15, 0.2) is 0 Å². The number of carbonyl (C=O) groups excluding carboxylic acids is 2. The van der Waals surface area contributed by atoms with E-state index in [1.807, 2.05) is 0 Å². The maximum Gasteiger partial charge on any atom is 0.312 e. The van der Waals surface area contributed by atoms with Crippen LogP contribution in [0.25, 0.3) is 0 Å². The van der Waals surface area contributed by atoms with Gasteiger partial charge in [0.25, 0.3) is 0 Å². The van der Waals surface area contributed by atoms with E-state index in [2.05, 4.69) is 5.32 Å². The lowest BCUT2D eigenvalue weighted by atomic mass is 10.1. The third-order valence-corrected chi connectivity index (χ3v) is 3.45. The number of nitrogens with zero attached hydrogens (tertiary/aromatic N) is 2. The number of fused-ring (bicyclic) bond motifs is 1. The lowest BCUT2D eigenvalue weighted by Gasteiger charge is -2.43. The van der Waals surface area contributed by atoms with Crippen LogP contribution >= 0.6 is 0 Å². The molecule has 2 saturated heterocycles. The van der Waals surface area contributed by atoms with Gasteiger partial charge in [0.1, 0.15) is 0 Å². The van der Waals surface area contributed by atoms with Gasteiger partial charge in [-0.25, -0.2) is 0 Å². The maximum atomic E-state index is 11.8. The Labute approximate surface area is 88.4 Å². The lowest BCUT2D eigenvalue weighted by Crippen LogP contribution is -2.66. The fourth-order valence-electron chi connectivity index (χ4n) is 2.45. The topological polar surface area (TPSA) is 52.7 Å². The Balaban J connectivity index is 1.81. The summed E-state index contributed by atoms with van der Waals surface area (Å²) < 4.78 is 0. The molecule has 0 aromatic carbocycles. The summed E-state index contributed by atoms with van der Waals surface area (Å²) in [6.07, 6.45) is 2.14. The third-order valence-electron chi connectivity index (χ3n) is 3.45. The highest BCUT2D eigenvalue weighted by Crippen LogP contribution is 2.29. The molecule has 15 heavy (non-hydrogen) atoms. The molecule has 1 atom stereocenters. The van der Waals surface area contributed by atoms with Crippen molar-refractivity contribution in [2.75, 3.05) is 26.2 Å². The second kappa shape index (κ2) is 3.20. The van der Waals surface area contributed by atoms with Gasteiger partial charge in [-0.3, -0.25) is 9.59 Å². The largest absolute Gasteiger partial charge is 0.329 e. The molecule has 2 aliphatic heterocycles. The number of piperazine rings is 2. The predicted molar refractivity (Wildman–Crippen MR) is 53.1 cm³/mol. The first-order valence-corrected chi connectivity index (χ1v) is 5.59. The second-order valence-electron chi connectivity index (χ2n) is 4.55. The number of amides is 2. The van der Waals surface area contributed by atoms with Crippen molar-refractivity contribution in [1.82, 2.24) is 15.1 Å². The van der Waals surface area contributed by atoms with Crippen molar-refractivity contribution in [3.05, 3.63) is 0 Å². The van der Waals surface area contributed by atoms with Gasteiger partial charge < -0.3 is 15.1 Å².